The maximum Gasteiger partial charge on any atom is 0.312 e. The molecule has 98 valence electrons. The molecule has 1 rings (SSSR count). The Balaban J connectivity index is 2.89. The number of hydrogen-bond acceptors (Lipinski definition) is 4. The molecule has 4 nitrogen and oxygen atoms in total. The van der Waals surface area contributed by atoms with Crippen LogP contribution < -0.4 is 0 Å². The molecule has 0 radical (unpaired) electrons. The molecule has 1 aliphatic rings. The minimum Gasteiger partial charge on any atom is -0.465 e. The van der Waals surface area contributed by atoms with Gasteiger partial charge in [-0.2, -0.15) is 0 Å². The van der Waals surface area contributed by atoms with Gasteiger partial charge in [-0.15, -0.1) is 6.58 Å². The van der Waals surface area contributed by atoms with E-state index in [4.69, 9.17) is 14.9 Å². The topological polar surface area (TPSA) is 66.8 Å². The Hall–Kier alpha value is -0.870. The Morgan fingerprint density at radius 3 is 2.94 bits per heavy atom. The van der Waals surface area contributed by atoms with Crippen LogP contribution in [0.2, 0.25) is 0 Å². The number of allylic oxidation sites excluding steroid dienone is 1. The lowest BCUT2D eigenvalue weighted by molar-refractivity contribution is -0.158. The average molecular weight is 242 g/mol. The molecule has 1 fully saturated rings. The predicted octanol–water partition coefficient (Wildman–Crippen LogP) is 1.61. The third kappa shape index (κ3) is 3.30. The number of hydrogen-bond donors (Lipinski definition) is 2. The summed E-state index contributed by atoms with van der Waals surface area (Å²) in [4.78, 5) is 12.1. The number of ether oxygens (including phenoxy) is 1. The molecule has 0 aliphatic carbocycles. The van der Waals surface area contributed by atoms with Gasteiger partial charge in [-0.05, 0) is 38.0 Å². The number of cyclic esters (lactones) is 1. The highest BCUT2D eigenvalue weighted by Crippen LogP contribution is 2.42. The summed E-state index contributed by atoms with van der Waals surface area (Å²) in [7, 11) is 0. The Bertz CT molecular complexity index is 275. The monoisotopic (exact) mass is 242 g/mol. The van der Waals surface area contributed by atoms with E-state index in [0.29, 0.717) is 19.4 Å². The maximum absolute atomic E-state index is 12.1. The molecular formula is C13H22O4. The number of esters is 1. The zero-order valence-corrected chi connectivity index (χ0v) is 10.4. The number of aliphatic hydroxyl groups is 2. The van der Waals surface area contributed by atoms with Crippen LogP contribution >= 0.6 is 0 Å². The summed E-state index contributed by atoms with van der Waals surface area (Å²) in [5, 5.41) is 18.0. The lowest BCUT2D eigenvalue weighted by atomic mass is 9.69. The highest BCUT2D eigenvalue weighted by atomic mass is 16.5. The van der Waals surface area contributed by atoms with Crippen molar-refractivity contribution in [2.45, 2.75) is 45.3 Å². The van der Waals surface area contributed by atoms with E-state index in [9.17, 15) is 4.79 Å². The molecule has 2 N–H and O–H groups in total. The number of carbonyl (C=O) groups is 1. The smallest absolute Gasteiger partial charge is 0.312 e. The first kappa shape index (κ1) is 14.2. The van der Waals surface area contributed by atoms with Crippen LogP contribution in [-0.2, 0) is 9.53 Å². The van der Waals surface area contributed by atoms with Gasteiger partial charge in [-0.1, -0.05) is 13.0 Å². The summed E-state index contributed by atoms with van der Waals surface area (Å²) in [6.07, 6.45) is 3.27. The van der Waals surface area contributed by atoms with Crippen LogP contribution in [0.4, 0.5) is 0 Å². The Labute approximate surface area is 102 Å². The normalized spacial score (nSPS) is 29.9. The first-order valence-electron chi connectivity index (χ1n) is 6.17. The first-order chi connectivity index (χ1) is 8.03. The van der Waals surface area contributed by atoms with Crippen LogP contribution in [-0.4, -0.2) is 29.1 Å². The van der Waals surface area contributed by atoms with Crippen LogP contribution in [0.5, 0.6) is 0 Å². The second-order valence-electron chi connectivity index (χ2n) is 4.85. The Kier molecular flexibility index (Phi) is 5.15. The van der Waals surface area contributed by atoms with Crippen LogP contribution in [0, 0.1) is 11.3 Å². The molecule has 2 unspecified atom stereocenters. The van der Waals surface area contributed by atoms with E-state index < -0.39 is 11.7 Å². The molecule has 1 saturated heterocycles. The molecule has 17 heavy (non-hydrogen) atoms. The number of rotatable bonds is 5. The zero-order valence-electron chi connectivity index (χ0n) is 10.4. The Morgan fingerprint density at radius 2 is 2.35 bits per heavy atom. The summed E-state index contributed by atoms with van der Waals surface area (Å²) in [5.41, 5.74) is -0.637. The molecule has 0 saturated carbocycles. The third-order valence-electron chi connectivity index (χ3n) is 3.72. The van der Waals surface area contributed by atoms with Crippen molar-refractivity contribution in [3.63, 3.8) is 0 Å². The van der Waals surface area contributed by atoms with Crippen molar-refractivity contribution in [2.24, 2.45) is 11.3 Å². The second-order valence-corrected chi connectivity index (χ2v) is 4.85. The molecule has 0 aromatic carbocycles. The first-order valence-corrected chi connectivity index (χ1v) is 6.17. The molecule has 0 spiro atoms. The van der Waals surface area contributed by atoms with Gasteiger partial charge in [-0.3, -0.25) is 4.79 Å². The maximum atomic E-state index is 12.1. The largest absolute Gasteiger partial charge is 0.465 e. The summed E-state index contributed by atoms with van der Waals surface area (Å²) >= 11 is 0. The van der Waals surface area contributed by atoms with Gasteiger partial charge in [0.05, 0.1) is 12.0 Å². The van der Waals surface area contributed by atoms with Gasteiger partial charge in [0.2, 0.25) is 0 Å². The van der Waals surface area contributed by atoms with Gasteiger partial charge in [0.1, 0.15) is 0 Å². The van der Waals surface area contributed by atoms with E-state index in [-0.39, 0.29) is 18.3 Å². The fourth-order valence-electron chi connectivity index (χ4n) is 2.55. The quantitative estimate of drug-likeness (QED) is 0.437. The molecule has 0 bridgehead atoms. The van der Waals surface area contributed by atoms with Crippen LogP contribution in [0.25, 0.3) is 0 Å². The van der Waals surface area contributed by atoms with Crippen molar-refractivity contribution >= 4 is 5.97 Å². The van der Waals surface area contributed by atoms with E-state index in [2.05, 4.69) is 6.58 Å². The molecule has 4 heteroatoms. The average Bonchev–Trinajstić information content (AvgIpc) is 2.40. The van der Waals surface area contributed by atoms with E-state index in [0.717, 1.165) is 12.8 Å². The van der Waals surface area contributed by atoms with Crippen molar-refractivity contribution in [1.82, 2.24) is 0 Å². The molecule has 2 atom stereocenters. The standard InChI is InChI=1S/C13H22O4/c1-3-7-13(8-6-11(14)15)10(2)5-4-9-17-12(13)16/h3,10-11,14-15H,1,4-9H2,2H3. The van der Waals surface area contributed by atoms with Gasteiger partial charge in [-0.25, -0.2) is 0 Å². The van der Waals surface area contributed by atoms with E-state index in [1.807, 2.05) is 6.92 Å². The van der Waals surface area contributed by atoms with Gasteiger partial charge in [0.25, 0.3) is 0 Å². The number of aliphatic hydroxyl groups excluding tert-OH is 1. The molecular weight excluding hydrogens is 220 g/mol. The summed E-state index contributed by atoms with van der Waals surface area (Å²) in [5.74, 6) is -0.0442. The third-order valence-corrected chi connectivity index (χ3v) is 3.72. The minimum atomic E-state index is -1.38. The van der Waals surface area contributed by atoms with Crippen molar-refractivity contribution in [1.29, 1.82) is 0 Å². The fraction of sp³-hybridized carbons (Fsp3) is 0.769. The zero-order chi connectivity index (χ0) is 12.9. The summed E-state index contributed by atoms with van der Waals surface area (Å²) in [6.45, 7) is 6.18. The molecule has 0 aromatic rings. The van der Waals surface area contributed by atoms with E-state index in [1.165, 1.54) is 0 Å². The predicted molar refractivity (Wildman–Crippen MR) is 64.1 cm³/mol. The Morgan fingerprint density at radius 1 is 1.65 bits per heavy atom. The van der Waals surface area contributed by atoms with Crippen molar-refractivity contribution in [2.75, 3.05) is 6.61 Å². The molecule has 1 heterocycles. The highest BCUT2D eigenvalue weighted by Gasteiger charge is 2.44. The lowest BCUT2D eigenvalue weighted by Gasteiger charge is -2.34. The van der Waals surface area contributed by atoms with Gasteiger partial charge >= 0.3 is 5.97 Å². The van der Waals surface area contributed by atoms with Crippen LogP contribution in [0.1, 0.15) is 39.0 Å². The van der Waals surface area contributed by atoms with Crippen molar-refractivity contribution in [3.8, 4) is 0 Å². The highest BCUT2D eigenvalue weighted by molar-refractivity contribution is 5.77. The lowest BCUT2D eigenvalue weighted by Crippen LogP contribution is -2.38. The second kappa shape index (κ2) is 6.17. The summed E-state index contributed by atoms with van der Waals surface area (Å²) in [6, 6.07) is 0. The minimum absolute atomic E-state index is 0.175. The fourth-order valence-corrected chi connectivity index (χ4v) is 2.55. The molecule has 0 aromatic heterocycles. The van der Waals surface area contributed by atoms with Crippen molar-refractivity contribution < 1.29 is 19.7 Å². The van der Waals surface area contributed by atoms with E-state index >= 15 is 0 Å². The summed E-state index contributed by atoms with van der Waals surface area (Å²) < 4.78 is 5.22. The number of carbonyl (C=O) groups excluding carboxylic acids is 1. The SMILES string of the molecule is C=CCC1(CCC(O)O)C(=O)OCCCC1C. The van der Waals surface area contributed by atoms with Gasteiger partial charge < -0.3 is 14.9 Å². The van der Waals surface area contributed by atoms with E-state index in [1.54, 1.807) is 6.08 Å². The molecule has 1 aliphatic heterocycles. The molecule has 0 amide bonds. The van der Waals surface area contributed by atoms with Gasteiger partial charge in [0, 0.05) is 0 Å². The van der Waals surface area contributed by atoms with Crippen LogP contribution in [0.3, 0.4) is 0 Å². The van der Waals surface area contributed by atoms with Crippen molar-refractivity contribution in [3.05, 3.63) is 12.7 Å². The van der Waals surface area contributed by atoms with Crippen LogP contribution in [0.15, 0.2) is 12.7 Å². The van der Waals surface area contributed by atoms with Gasteiger partial charge in [0.15, 0.2) is 6.29 Å².